The van der Waals surface area contributed by atoms with Crippen LogP contribution in [0, 0.1) is 6.92 Å². The van der Waals surface area contributed by atoms with Gasteiger partial charge in [-0.05, 0) is 24.6 Å². The van der Waals surface area contributed by atoms with Crippen molar-refractivity contribution in [2.75, 3.05) is 17.9 Å². The van der Waals surface area contributed by atoms with Crippen LogP contribution in [0.15, 0.2) is 34.8 Å². The summed E-state index contributed by atoms with van der Waals surface area (Å²) in [5.41, 5.74) is 1.85. The van der Waals surface area contributed by atoms with Gasteiger partial charge in [0.25, 0.3) is 0 Å². The summed E-state index contributed by atoms with van der Waals surface area (Å²) in [6.07, 6.45) is 1.66. The van der Waals surface area contributed by atoms with Crippen LogP contribution in [0.4, 0.5) is 5.13 Å². The molecule has 24 heavy (non-hydrogen) atoms. The Hall–Kier alpha value is -2.32. The third kappa shape index (κ3) is 3.02. The molecule has 3 heterocycles. The highest BCUT2D eigenvalue weighted by molar-refractivity contribution is 8.00. The van der Waals surface area contributed by atoms with Crippen molar-refractivity contribution in [2.45, 2.75) is 11.9 Å². The van der Waals surface area contributed by atoms with Crippen LogP contribution in [-0.4, -0.2) is 28.4 Å². The van der Waals surface area contributed by atoms with Crippen LogP contribution in [0.1, 0.15) is 5.56 Å². The zero-order valence-electron chi connectivity index (χ0n) is 12.7. The first-order valence-corrected chi connectivity index (χ1v) is 9.09. The third-order valence-corrected chi connectivity index (χ3v) is 5.25. The molecule has 0 atom stereocenters. The van der Waals surface area contributed by atoms with E-state index in [1.165, 1.54) is 23.1 Å². The highest BCUT2D eigenvalue weighted by Crippen LogP contribution is 2.36. The van der Waals surface area contributed by atoms with Gasteiger partial charge >= 0.3 is 0 Å². The molecule has 1 aliphatic heterocycles. The highest BCUT2D eigenvalue weighted by Gasteiger charge is 2.16. The van der Waals surface area contributed by atoms with Crippen LogP contribution in [0.3, 0.4) is 0 Å². The number of carbonyl (C=O) groups excluding carboxylic acids is 1. The van der Waals surface area contributed by atoms with Gasteiger partial charge in [0.05, 0.1) is 11.3 Å². The lowest BCUT2D eigenvalue weighted by Crippen LogP contribution is -2.13. The molecule has 8 heteroatoms. The molecule has 0 unspecified atom stereocenters. The monoisotopic (exact) mass is 359 g/mol. The smallest absolute Gasteiger partial charge is 0.236 e. The van der Waals surface area contributed by atoms with Crippen molar-refractivity contribution < 1.29 is 14.3 Å². The molecule has 6 nitrogen and oxygen atoms in total. The molecule has 0 saturated heterocycles. The van der Waals surface area contributed by atoms with Gasteiger partial charge in [-0.15, -0.1) is 11.3 Å². The molecular formula is C16H13N3O3S2. The van der Waals surface area contributed by atoms with Crippen LogP contribution in [0.25, 0.3) is 10.9 Å². The number of amides is 1. The molecule has 1 N–H and O–H groups in total. The van der Waals surface area contributed by atoms with Crippen LogP contribution >= 0.6 is 23.1 Å². The van der Waals surface area contributed by atoms with E-state index >= 15 is 0 Å². The molecule has 3 aromatic rings. The van der Waals surface area contributed by atoms with E-state index in [0.717, 1.165) is 27.2 Å². The van der Waals surface area contributed by atoms with Gasteiger partial charge in [0.1, 0.15) is 5.03 Å². The fraction of sp³-hybridized carbons (Fsp3) is 0.188. The maximum absolute atomic E-state index is 12.0. The van der Waals surface area contributed by atoms with Crippen molar-refractivity contribution in [3.8, 4) is 11.5 Å². The topological polar surface area (TPSA) is 73.3 Å². The van der Waals surface area contributed by atoms with Crippen molar-refractivity contribution in [1.29, 1.82) is 0 Å². The number of fused-ring (bicyclic) bond motifs is 2. The minimum Gasteiger partial charge on any atom is -0.454 e. The number of carbonyl (C=O) groups is 1. The summed E-state index contributed by atoms with van der Waals surface area (Å²) in [6.45, 7) is 2.22. The number of nitrogens with zero attached hydrogens (tertiary/aromatic N) is 2. The second kappa shape index (κ2) is 6.29. The summed E-state index contributed by atoms with van der Waals surface area (Å²) in [7, 11) is 0. The largest absolute Gasteiger partial charge is 0.454 e. The number of rotatable bonds is 4. The van der Waals surface area contributed by atoms with Crippen LogP contribution in [0.2, 0.25) is 0 Å². The summed E-state index contributed by atoms with van der Waals surface area (Å²) in [5.74, 6) is 1.63. The summed E-state index contributed by atoms with van der Waals surface area (Å²) < 4.78 is 10.8. The number of ether oxygens (including phenoxy) is 2. The number of pyridine rings is 1. The second-order valence-corrected chi connectivity index (χ2v) is 7.04. The number of aromatic nitrogens is 2. The predicted molar refractivity (Wildman–Crippen MR) is 94.1 cm³/mol. The van der Waals surface area contributed by atoms with Gasteiger partial charge in [-0.25, -0.2) is 9.97 Å². The zero-order chi connectivity index (χ0) is 16.5. The number of anilines is 1. The van der Waals surface area contributed by atoms with E-state index < -0.39 is 0 Å². The highest BCUT2D eigenvalue weighted by atomic mass is 32.2. The summed E-state index contributed by atoms with van der Waals surface area (Å²) >= 11 is 2.80. The van der Waals surface area contributed by atoms with Crippen LogP contribution in [-0.2, 0) is 4.79 Å². The van der Waals surface area contributed by atoms with E-state index in [0.29, 0.717) is 10.9 Å². The Morgan fingerprint density at radius 1 is 1.33 bits per heavy atom. The quantitative estimate of drug-likeness (QED) is 0.719. The van der Waals surface area contributed by atoms with Gasteiger partial charge in [0, 0.05) is 23.0 Å². The summed E-state index contributed by atoms with van der Waals surface area (Å²) in [5, 5.41) is 7.02. The fourth-order valence-electron chi connectivity index (χ4n) is 2.37. The van der Waals surface area contributed by atoms with Crippen molar-refractivity contribution in [3.05, 3.63) is 35.3 Å². The van der Waals surface area contributed by atoms with Crippen molar-refractivity contribution >= 4 is 45.0 Å². The van der Waals surface area contributed by atoms with Gasteiger partial charge in [-0.2, -0.15) is 0 Å². The fourth-order valence-corrected chi connectivity index (χ4v) is 3.71. The lowest BCUT2D eigenvalue weighted by molar-refractivity contribution is -0.113. The van der Waals surface area contributed by atoms with Gasteiger partial charge in [0.15, 0.2) is 16.6 Å². The molecule has 122 valence electrons. The molecule has 1 aliphatic rings. The predicted octanol–water partition coefficient (Wildman–Crippen LogP) is 3.46. The van der Waals surface area contributed by atoms with Gasteiger partial charge in [-0.3, -0.25) is 4.79 Å². The average Bonchev–Trinajstić information content (AvgIpc) is 3.22. The zero-order valence-corrected chi connectivity index (χ0v) is 14.4. The Labute approximate surface area is 146 Å². The van der Waals surface area contributed by atoms with E-state index in [4.69, 9.17) is 9.47 Å². The number of hydrogen-bond donors (Lipinski definition) is 1. The summed E-state index contributed by atoms with van der Waals surface area (Å²) in [6, 6.07) is 5.85. The Bertz CT molecular complexity index is 913. The average molecular weight is 359 g/mol. The summed E-state index contributed by atoms with van der Waals surface area (Å²) in [4.78, 5) is 20.7. The molecule has 1 amide bonds. The van der Waals surface area contributed by atoms with Crippen molar-refractivity contribution in [2.24, 2.45) is 0 Å². The van der Waals surface area contributed by atoms with Crippen molar-refractivity contribution in [1.82, 2.24) is 9.97 Å². The number of hydrogen-bond acceptors (Lipinski definition) is 7. The first kappa shape index (κ1) is 15.2. The normalized spacial score (nSPS) is 12.5. The molecule has 4 rings (SSSR count). The molecule has 0 spiro atoms. The van der Waals surface area contributed by atoms with E-state index in [1.807, 2.05) is 30.5 Å². The van der Waals surface area contributed by atoms with E-state index in [1.54, 1.807) is 6.20 Å². The molecule has 1 aromatic carbocycles. The molecule has 0 radical (unpaired) electrons. The van der Waals surface area contributed by atoms with Gasteiger partial charge < -0.3 is 14.8 Å². The van der Waals surface area contributed by atoms with Gasteiger partial charge in [-0.1, -0.05) is 11.8 Å². The molecule has 0 saturated carbocycles. The van der Waals surface area contributed by atoms with Crippen LogP contribution in [0.5, 0.6) is 11.5 Å². The minimum absolute atomic E-state index is 0.0954. The maximum Gasteiger partial charge on any atom is 0.236 e. The first-order valence-electron chi connectivity index (χ1n) is 7.22. The third-order valence-electron chi connectivity index (χ3n) is 3.47. The Balaban J connectivity index is 1.52. The number of thioether (sulfide) groups is 1. The lowest BCUT2D eigenvalue weighted by atomic mass is 10.1. The Morgan fingerprint density at radius 3 is 2.96 bits per heavy atom. The standard InChI is InChI=1S/C16H13N3O3S2/c1-9-4-10-5-12-13(22-8-21-12)6-11(10)18-15(9)24-7-14(20)19-16-17-2-3-23-16/h2-6H,7-8H2,1H3,(H,17,19,20). The maximum atomic E-state index is 12.0. The number of thiazole rings is 1. The molecule has 0 aliphatic carbocycles. The number of benzene rings is 1. The van der Waals surface area contributed by atoms with E-state index in [2.05, 4.69) is 15.3 Å². The number of aryl methyl sites for hydroxylation is 1. The lowest BCUT2D eigenvalue weighted by Gasteiger charge is -2.08. The Kier molecular flexibility index (Phi) is 3.99. The van der Waals surface area contributed by atoms with E-state index in [-0.39, 0.29) is 18.5 Å². The molecule has 0 fully saturated rings. The molecular weight excluding hydrogens is 346 g/mol. The van der Waals surface area contributed by atoms with Gasteiger partial charge in [0.2, 0.25) is 12.7 Å². The van der Waals surface area contributed by atoms with Crippen molar-refractivity contribution in [3.63, 3.8) is 0 Å². The van der Waals surface area contributed by atoms with Crippen LogP contribution < -0.4 is 14.8 Å². The first-order chi connectivity index (χ1) is 11.7. The molecule has 0 bridgehead atoms. The molecule has 2 aromatic heterocycles. The second-order valence-electron chi connectivity index (χ2n) is 5.18. The number of nitrogens with one attached hydrogen (secondary N) is 1. The van der Waals surface area contributed by atoms with E-state index in [9.17, 15) is 4.79 Å². The minimum atomic E-state index is -0.0954. The Morgan fingerprint density at radius 2 is 2.17 bits per heavy atom. The SMILES string of the molecule is Cc1cc2cc3c(cc2nc1SCC(=O)Nc1nccs1)OCO3.